The normalized spacial score (nSPS) is 10.9. The van der Waals surface area contributed by atoms with Crippen molar-refractivity contribution in [2.24, 2.45) is 5.92 Å². The quantitative estimate of drug-likeness (QED) is 0.704. The van der Waals surface area contributed by atoms with Crippen molar-refractivity contribution in [1.29, 1.82) is 0 Å². The summed E-state index contributed by atoms with van der Waals surface area (Å²) in [6.45, 7) is 0. The summed E-state index contributed by atoms with van der Waals surface area (Å²) >= 11 is 11.2. The van der Waals surface area contributed by atoms with Crippen LogP contribution in [0.3, 0.4) is 0 Å². The third-order valence-electron chi connectivity index (χ3n) is 1.96. The molecule has 1 rings (SSSR count). The van der Waals surface area contributed by atoms with Crippen LogP contribution < -0.4 is 0 Å². The van der Waals surface area contributed by atoms with E-state index in [1.165, 1.54) is 12.1 Å². The molecule has 0 saturated heterocycles. The molecule has 0 unspecified atom stereocenters. The van der Waals surface area contributed by atoms with E-state index >= 15 is 0 Å². The van der Waals surface area contributed by atoms with Crippen LogP contribution in [-0.2, 0) is 6.42 Å². The van der Waals surface area contributed by atoms with Crippen LogP contribution in [0.2, 0.25) is 0 Å². The second-order valence-electron chi connectivity index (χ2n) is 3.11. The molecule has 0 heterocycles. The minimum absolute atomic E-state index is 0.0262. The van der Waals surface area contributed by atoms with Gasteiger partial charge in [0.1, 0.15) is 11.6 Å². The van der Waals surface area contributed by atoms with Crippen LogP contribution in [0.25, 0.3) is 0 Å². The van der Waals surface area contributed by atoms with Gasteiger partial charge >= 0.3 is 0 Å². The maximum atomic E-state index is 13.2. The summed E-state index contributed by atoms with van der Waals surface area (Å²) in [6.07, 6.45) is 0.444. The summed E-state index contributed by atoms with van der Waals surface area (Å²) in [6, 6.07) is 3.53. The molecule has 0 bridgehead atoms. The molecule has 4 heteroatoms. The van der Waals surface area contributed by atoms with E-state index in [0.29, 0.717) is 23.7 Å². The van der Waals surface area contributed by atoms with Crippen LogP contribution in [0.4, 0.5) is 8.78 Å². The van der Waals surface area contributed by atoms with Crippen molar-refractivity contribution in [3.8, 4) is 0 Å². The van der Waals surface area contributed by atoms with E-state index in [1.54, 1.807) is 0 Å². The zero-order valence-electron chi connectivity index (χ0n) is 7.44. The third kappa shape index (κ3) is 3.10. The van der Waals surface area contributed by atoms with Gasteiger partial charge in [0.15, 0.2) is 0 Å². The van der Waals surface area contributed by atoms with Crippen molar-refractivity contribution in [3.05, 3.63) is 35.4 Å². The first-order valence-electron chi connectivity index (χ1n) is 4.23. The summed E-state index contributed by atoms with van der Waals surface area (Å²) in [5, 5.41) is 0. The number of hydrogen-bond acceptors (Lipinski definition) is 0. The largest absolute Gasteiger partial charge is 0.207 e. The minimum Gasteiger partial charge on any atom is -0.207 e. The van der Waals surface area contributed by atoms with E-state index in [0.717, 1.165) is 6.07 Å². The molecule has 0 saturated carbocycles. The van der Waals surface area contributed by atoms with E-state index in [4.69, 9.17) is 23.2 Å². The average Bonchev–Trinajstić information content (AvgIpc) is 2.17. The second kappa shape index (κ2) is 5.52. The van der Waals surface area contributed by atoms with Gasteiger partial charge in [-0.05, 0) is 24.0 Å². The molecule has 0 fully saturated rings. The van der Waals surface area contributed by atoms with Crippen LogP contribution in [0, 0.1) is 17.6 Å². The zero-order chi connectivity index (χ0) is 10.6. The lowest BCUT2D eigenvalue weighted by molar-refractivity contribution is 0.555. The predicted octanol–water partition coefficient (Wildman–Crippen LogP) is 3.60. The van der Waals surface area contributed by atoms with Gasteiger partial charge in [0.2, 0.25) is 0 Å². The number of alkyl halides is 2. The first kappa shape index (κ1) is 11.7. The molecule has 0 spiro atoms. The van der Waals surface area contributed by atoms with Gasteiger partial charge in [-0.15, -0.1) is 23.2 Å². The Labute approximate surface area is 91.8 Å². The molecule has 1 aromatic rings. The van der Waals surface area contributed by atoms with Crippen LogP contribution in [0.5, 0.6) is 0 Å². The first-order chi connectivity index (χ1) is 6.67. The Balaban J connectivity index is 2.76. The summed E-state index contributed by atoms with van der Waals surface area (Å²) in [7, 11) is 0. The van der Waals surface area contributed by atoms with Crippen molar-refractivity contribution in [3.63, 3.8) is 0 Å². The average molecular weight is 239 g/mol. The van der Waals surface area contributed by atoms with Crippen molar-refractivity contribution < 1.29 is 8.78 Å². The lowest BCUT2D eigenvalue weighted by Gasteiger charge is -2.10. The molecule has 0 aliphatic carbocycles. The van der Waals surface area contributed by atoms with E-state index < -0.39 is 11.6 Å². The van der Waals surface area contributed by atoms with E-state index in [-0.39, 0.29) is 5.92 Å². The van der Waals surface area contributed by atoms with E-state index in [9.17, 15) is 8.78 Å². The van der Waals surface area contributed by atoms with Crippen molar-refractivity contribution in [2.75, 3.05) is 11.8 Å². The van der Waals surface area contributed by atoms with E-state index in [1.807, 2.05) is 0 Å². The van der Waals surface area contributed by atoms with Crippen molar-refractivity contribution >= 4 is 23.2 Å². The third-order valence-corrected chi connectivity index (χ3v) is 2.83. The SMILES string of the molecule is Fc1ccc(CC(CCl)CCl)c(F)c1. The van der Waals surface area contributed by atoms with Crippen LogP contribution >= 0.6 is 23.2 Å². The number of rotatable bonds is 4. The second-order valence-corrected chi connectivity index (χ2v) is 3.73. The Hall–Kier alpha value is -0.340. The number of benzene rings is 1. The lowest BCUT2D eigenvalue weighted by atomic mass is 10.0. The fourth-order valence-corrected chi connectivity index (χ4v) is 1.70. The van der Waals surface area contributed by atoms with Gasteiger partial charge in [-0.1, -0.05) is 6.07 Å². The Morgan fingerprint density at radius 1 is 1.14 bits per heavy atom. The Kier molecular flexibility index (Phi) is 4.63. The smallest absolute Gasteiger partial charge is 0.129 e. The summed E-state index contributed by atoms with van der Waals surface area (Å²) in [5.41, 5.74) is 0.456. The van der Waals surface area contributed by atoms with Crippen molar-refractivity contribution in [1.82, 2.24) is 0 Å². The van der Waals surface area contributed by atoms with Crippen LogP contribution in [0.15, 0.2) is 18.2 Å². The molecular weight excluding hydrogens is 229 g/mol. The standard InChI is InChI=1S/C10H10Cl2F2/c11-5-7(6-12)3-8-1-2-9(13)4-10(8)14/h1-2,4,7H,3,5-6H2. The number of halogens is 4. The molecule has 0 N–H and O–H groups in total. The summed E-state index contributed by atoms with van der Waals surface area (Å²) < 4.78 is 25.7. The molecule has 78 valence electrons. The molecular formula is C10H10Cl2F2. The highest BCUT2D eigenvalue weighted by Gasteiger charge is 2.10. The predicted molar refractivity (Wildman–Crippen MR) is 55.0 cm³/mol. The van der Waals surface area contributed by atoms with Gasteiger partial charge in [0.25, 0.3) is 0 Å². The molecule has 0 radical (unpaired) electrons. The maximum absolute atomic E-state index is 13.2. The van der Waals surface area contributed by atoms with Crippen molar-refractivity contribution in [2.45, 2.75) is 6.42 Å². The monoisotopic (exact) mass is 238 g/mol. The topological polar surface area (TPSA) is 0 Å². The molecule has 0 atom stereocenters. The maximum Gasteiger partial charge on any atom is 0.129 e. The molecule has 0 nitrogen and oxygen atoms in total. The van der Waals surface area contributed by atoms with Gasteiger partial charge in [-0.25, -0.2) is 8.78 Å². The fourth-order valence-electron chi connectivity index (χ4n) is 1.15. The Morgan fingerprint density at radius 3 is 2.29 bits per heavy atom. The molecule has 1 aromatic carbocycles. The van der Waals surface area contributed by atoms with Gasteiger partial charge < -0.3 is 0 Å². The van der Waals surface area contributed by atoms with Gasteiger partial charge in [0, 0.05) is 17.8 Å². The molecule has 0 amide bonds. The van der Waals surface area contributed by atoms with Crippen LogP contribution in [0.1, 0.15) is 5.56 Å². The lowest BCUT2D eigenvalue weighted by Crippen LogP contribution is -2.09. The van der Waals surface area contributed by atoms with Gasteiger partial charge in [-0.2, -0.15) is 0 Å². The minimum atomic E-state index is -0.570. The van der Waals surface area contributed by atoms with Crippen LogP contribution in [-0.4, -0.2) is 11.8 Å². The summed E-state index contributed by atoms with van der Waals surface area (Å²) in [5.74, 6) is -0.330. The molecule has 0 aliphatic rings. The molecule has 0 aromatic heterocycles. The fraction of sp³-hybridized carbons (Fsp3) is 0.400. The summed E-state index contributed by atoms with van der Waals surface area (Å²) in [4.78, 5) is 0. The number of hydrogen-bond donors (Lipinski definition) is 0. The van der Waals surface area contributed by atoms with E-state index in [2.05, 4.69) is 0 Å². The molecule has 0 aliphatic heterocycles. The highest BCUT2D eigenvalue weighted by molar-refractivity contribution is 6.20. The Morgan fingerprint density at radius 2 is 1.79 bits per heavy atom. The first-order valence-corrected chi connectivity index (χ1v) is 5.30. The molecule has 14 heavy (non-hydrogen) atoms. The Bertz CT molecular complexity index is 298. The van der Waals surface area contributed by atoms with Gasteiger partial charge in [0.05, 0.1) is 0 Å². The van der Waals surface area contributed by atoms with Gasteiger partial charge in [-0.3, -0.25) is 0 Å². The highest BCUT2D eigenvalue weighted by Crippen LogP contribution is 2.16. The zero-order valence-corrected chi connectivity index (χ0v) is 8.95. The highest BCUT2D eigenvalue weighted by atomic mass is 35.5.